The Morgan fingerprint density at radius 3 is 2.72 bits per heavy atom. The third-order valence-electron chi connectivity index (χ3n) is 2.77. The number of rotatable bonds is 6. The molecule has 0 radical (unpaired) electrons. The van der Waals surface area contributed by atoms with Gasteiger partial charge in [-0.3, -0.25) is 9.59 Å². The number of halogens is 1. The van der Waals surface area contributed by atoms with Crippen molar-refractivity contribution in [3.8, 4) is 0 Å². The van der Waals surface area contributed by atoms with Crippen LogP contribution in [0.3, 0.4) is 0 Å². The summed E-state index contributed by atoms with van der Waals surface area (Å²) in [5.41, 5.74) is 6.03. The van der Waals surface area contributed by atoms with Crippen molar-refractivity contribution in [2.75, 3.05) is 11.4 Å². The van der Waals surface area contributed by atoms with E-state index in [2.05, 4.69) is 0 Å². The fourth-order valence-electron chi connectivity index (χ4n) is 1.80. The van der Waals surface area contributed by atoms with Gasteiger partial charge in [-0.1, -0.05) is 6.92 Å². The SMILES string of the molecule is CCCN(c1ccc(F)cc1C=O)C(C)C(N)=O. The van der Waals surface area contributed by atoms with Gasteiger partial charge in [0.25, 0.3) is 0 Å². The van der Waals surface area contributed by atoms with Gasteiger partial charge in [0.2, 0.25) is 5.91 Å². The molecule has 1 aromatic carbocycles. The lowest BCUT2D eigenvalue weighted by Crippen LogP contribution is -2.43. The first-order chi connectivity index (χ1) is 8.51. The van der Waals surface area contributed by atoms with E-state index >= 15 is 0 Å². The van der Waals surface area contributed by atoms with Crippen LogP contribution < -0.4 is 10.6 Å². The van der Waals surface area contributed by atoms with Crippen molar-refractivity contribution >= 4 is 17.9 Å². The van der Waals surface area contributed by atoms with Crippen molar-refractivity contribution in [1.29, 1.82) is 0 Å². The zero-order valence-electron chi connectivity index (χ0n) is 10.5. The highest BCUT2D eigenvalue weighted by molar-refractivity contribution is 5.88. The van der Waals surface area contributed by atoms with Crippen LogP contribution in [0.5, 0.6) is 0 Å². The highest BCUT2D eigenvalue weighted by Gasteiger charge is 2.21. The van der Waals surface area contributed by atoms with Crippen LogP contribution in [0, 0.1) is 5.82 Å². The molecule has 1 rings (SSSR count). The number of aldehydes is 1. The second-order valence-corrected chi connectivity index (χ2v) is 4.09. The number of nitrogens with two attached hydrogens (primary N) is 1. The van der Waals surface area contributed by atoms with Crippen LogP contribution in [0.15, 0.2) is 18.2 Å². The standard InChI is InChI=1S/C13H17FN2O2/c1-3-6-16(9(2)13(15)18)12-5-4-11(14)7-10(12)8-17/h4-5,7-9H,3,6H2,1-2H3,(H2,15,18). The first-order valence-electron chi connectivity index (χ1n) is 5.82. The van der Waals surface area contributed by atoms with Gasteiger partial charge < -0.3 is 10.6 Å². The molecule has 0 saturated carbocycles. The fraction of sp³-hybridized carbons (Fsp3) is 0.385. The molecule has 5 heteroatoms. The summed E-state index contributed by atoms with van der Waals surface area (Å²) in [5, 5.41) is 0. The van der Waals surface area contributed by atoms with Crippen LogP contribution >= 0.6 is 0 Å². The van der Waals surface area contributed by atoms with Crippen molar-refractivity contribution in [3.05, 3.63) is 29.6 Å². The number of nitrogens with zero attached hydrogens (tertiary/aromatic N) is 1. The van der Waals surface area contributed by atoms with Crippen molar-refractivity contribution in [3.63, 3.8) is 0 Å². The summed E-state index contributed by atoms with van der Waals surface area (Å²) >= 11 is 0. The molecular formula is C13H17FN2O2. The van der Waals surface area contributed by atoms with Crippen LogP contribution in [0.1, 0.15) is 30.6 Å². The lowest BCUT2D eigenvalue weighted by Gasteiger charge is -2.30. The largest absolute Gasteiger partial charge is 0.368 e. The van der Waals surface area contributed by atoms with E-state index in [0.717, 1.165) is 12.5 Å². The maximum atomic E-state index is 13.1. The van der Waals surface area contributed by atoms with Crippen LogP contribution in [0.4, 0.5) is 10.1 Å². The zero-order valence-corrected chi connectivity index (χ0v) is 10.5. The van der Waals surface area contributed by atoms with E-state index < -0.39 is 17.8 Å². The van der Waals surface area contributed by atoms with Gasteiger partial charge in [0.05, 0.1) is 0 Å². The fourth-order valence-corrected chi connectivity index (χ4v) is 1.80. The van der Waals surface area contributed by atoms with E-state index in [1.807, 2.05) is 6.92 Å². The van der Waals surface area contributed by atoms with Gasteiger partial charge in [0, 0.05) is 17.8 Å². The monoisotopic (exact) mass is 252 g/mol. The molecule has 0 bridgehead atoms. The van der Waals surface area contributed by atoms with E-state index in [1.54, 1.807) is 11.8 Å². The normalized spacial score (nSPS) is 11.9. The van der Waals surface area contributed by atoms with Crippen LogP contribution in [-0.4, -0.2) is 24.8 Å². The molecule has 4 nitrogen and oxygen atoms in total. The number of anilines is 1. The molecule has 1 atom stereocenters. The van der Waals surface area contributed by atoms with Gasteiger partial charge in [-0.05, 0) is 31.5 Å². The average molecular weight is 252 g/mol. The Kier molecular flexibility index (Phi) is 4.83. The summed E-state index contributed by atoms with van der Waals surface area (Å²) in [5.74, 6) is -0.964. The van der Waals surface area contributed by atoms with Gasteiger partial charge in [-0.2, -0.15) is 0 Å². The summed E-state index contributed by atoms with van der Waals surface area (Å²) in [6.45, 7) is 4.18. The lowest BCUT2D eigenvalue weighted by atomic mass is 10.1. The number of hydrogen-bond acceptors (Lipinski definition) is 3. The summed E-state index contributed by atoms with van der Waals surface area (Å²) in [6, 6.07) is 3.36. The van der Waals surface area contributed by atoms with E-state index in [-0.39, 0.29) is 5.56 Å². The van der Waals surface area contributed by atoms with Crippen molar-refractivity contribution < 1.29 is 14.0 Å². The van der Waals surface area contributed by atoms with Crippen molar-refractivity contribution in [1.82, 2.24) is 0 Å². The highest BCUT2D eigenvalue weighted by Crippen LogP contribution is 2.22. The Morgan fingerprint density at radius 1 is 1.56 bits per heavy atom. The minimum absolute atomic E-state index is 0.219. The molecule has 0 aromatic heterocycles. The maximum Gasteiger partial charge on any atom is 0.239 e. The zero-order chi connectivity index (χ0) is 13.7. The topological polar surface area (TPSA) is 63.4 Å². The molecule has 0 aliphatic heterocycles. The van der Waals surface area contributed by atoms with Crippen LogP contribution in [0.25, 0.3) is 0 Å². The Balaban J connectivity index is 3.20. The smallest absolute Gasteiger partial charge is 0.239 e. The van der Waals surface area contributed by atoms with Gasteiger partial charge >= 0.3 is 0 Å². The molecule has 98 valence electrons. The molecule has 0 heterocycles. The Bertz CT molecular complexity index is 449. The van der Waals surface area contributed by atoms with Crippen molar-refractivity contribution in [2.45, 2.75) is 26.3 Å². The van der Waals surface area contributed by atoms with E-state index in [1.165, 1.54) is 12.1 Å². The molecule has 0 fully saturated rings. The third kappa shape index (κ3) is 3.06. The van der Waals surface area contributed by atoms with Crippen LogP contribution in [0.2, 0.25) is 0 Å². The Morgan fingerprint density at radius 2 is 2.22 bits per heavy atom. The molecule has 1 amide bonds. The quantitative estimate of drug-likeness (QED) is 0.784. The van der Waals surface area contributed by atoms with E-state index in [4.69, 9.17) is 5.73 Å². The highest BCUT2D eigenvalue weighted by atomic mass is 19.1. The van der Waals surface area contributed by atoms with Crippen LogP contribution in [-0.2, 0) is 4.79 Å². The second kappa shape index (κ2) is 6.14. The first kappa shape index (κ1) is 14.2. The van der Waals surface area contributed by atoms with Gasteiger partial charge in [0.1, 0.15) is 11.9 Å². The number of carbonyl (C=O) groups is 2. The summed E-state index contributed by atoms with van der Waals surface area (Å²) < 4.78 is 13.1. The molecule has 1 unspecified atom stereocenters. The lowest BCUT2D eigenvalue weighted by molar-refractivity contribution is -0.118. The third-order valence-corrected chi connectivity index (χ3v) is 2.77. The number of carbonyl (C=O) groups excluding carboxylic acids is 2. The summed E-state index contributed by atoms with van der Waals surface area (Å²) in [7, 11) is 0. The molecule has 0 aliphatic rings. The molecular weight excluding hydrogens is 235 g/mol. The average Bonchev–Trinajstić information content (AvgIpc) is 2.35. The van der Waals surface area contributed by atoms with E-state index in [0.29, 0.717) is 18.5 Å². The van der Waals surface area contributed by atoms with Gasteiger partial charge in [0.15, 0.2) is 6.29 Å². The maximum absolute atomic E-state index is 13.1. The van der Waals surface area contributed by atoms with Gasteiger partial charge in [-0.15, -0.1) is 0 Å². The number of primary amides is 1. The molecule has 18 heavy (non-hydrogen) atoms. The summed E-state index contributed by atoms with van der Waals surface area (Å²) in [6.07, 6.45) is 1.36. The second-order valence-electron chi connectivity index (χ2n) is 4.09. The molecule has 0 aliphatic carbocycles. The predicted molar refractivity (Wildman–Crippen MR) is 68.1 cm³/mol. The molecule has 0 spiro atoms. The number of benzene rings is 1. The van der Waals surface area contributed by atoms with E-state index in [9.17, 15) is 14.0 Å². The number of hydrogen-bond donors (Lipinski definition) is 1. The Hall–Kier alpha value is -1.91. The summed E-state index contributed by atoms with van der Waals surface area (Å²) in [4.78, 5) is 24.0. The molecule has 2 N–H and O–H groups in total. The minimum atomic E-state index is -0.547. The minimum Gasteiger partial charge on any atom is -0.368 e. The predicted octanol–water partition coefficient (Wildman–Crippen LogP) is 1.73. The first-order valence-corrected chi connectivity index (χ1v) is 5.82. The van der Waals surface area contributed by atoms with Crippen molar-refractivity contribution in [2.24, 2.45) is 5.73 Å². The van der Waals surface area contributed by atoms with Gasteiger partial charge in [-0.25, -0.2) is 4.39 Å². The molecule has 1 aromatic rings. The Labute approximate surface area is 106 Å². The molecule has 0 saturated heterocycles. The number of amides is 1.